The van der Waals surface area contributed by atoms with Crippen molar-refractivity contribution in [2.45, 2.75) is 38.4 Å². The molecule has 0 fully saturated rings. The van der Waals surface area contributed by atoms with Crippen LogP contribution in [-0.2, 0) is 29.0 Å². The summed E-state index contributed by atoms with van der Waals surface area (Å²) in [6.45, 7) is 1.84. The number of amides is 3. The molecule has 3 amide bonds. The number of nitrogens with one attached hydrogen (secondary N) is 3. The van der Waals surface area contributed by atoms with Crippen molar-refractivity contribution in [3.63, 3.8) is 0 Å². The van der Waals surface area contributed by atoms with E-state index in [2.05, 4.69) is 20.9 Å². The van der Waals surface area contributed by atoms with Crippen molar-refractivity contribution in [3.8, 4) is 0 Å². The molecule has 6 N–H and O–H groups in total. The molecule has 1 aliphatic carbocycles. The smallest absolute Gasteiger partial charge is 0.405 e. The van der Waals surface area contributed by atoms with E-state index in [1.165, 1.54) is 0 Å². The van der Waals surface area contributed by atoms with E-state index < -0.39 is 24.1 Å². The molecule has 9 heteroatoms. The molecular weight excluding hydrogens is 434 g/mol. The highest BCUT2D eigenvalue weighted by Gasteiger charge is 2.35. The number of hydrogen-bond acceptors (Lipinski definition) is 5. The number of carbonyl (C=O) groups excluding carboxylic acids is 2. The van der Waals surface area contributed by atoms with Crippen LogP contribution < -0.4 is 21.7 Å². The first-order valence-electron chi connectivity index (χ1n) is 11.1. The van der Waals surface area contributed by atoms with Crippen LogP contribution in [0.25, 0.3) is 10.8 Å². The third kappa shape index (κ3) is 5.09. The highest BCUT2D eigenvalue weighted by Crippen LogP contribution is 2.29. The van der Waals surface area contributed by atoms with Crippen LogP contribution in [-0.4, -0.2) is 40.1 Å². The van der Waals surface area contributed by atoms with Gasteiger partial charge in [0.25, 0.3) is 0 Å². The first-order chi connectivity index (χ1) is 16.3. The first kappa shape index (κ1) is 23.0. The van der Waals surface area contributed by atoms with Gasteiger partial charge in [-0.2, -0.15) is 0 Å². The molecule has 0 saturated carbocycles. The fraction of sp³-hybridized carbons (Fsp3) is 0.280. The predicted molar refractivity (Wildman–Crippen MR) is 128 cm³/mol. The number of hydrogen-bond donors (Lipinski definition) is 5. The number of aromatic nitrogens is 1. The van der Waals surface area contributed by atoms with Crippen LogP contribution in [0.5, 0.6) is 0 Å². The van der Waals surface area contributed by atoms with Crippen LogP contribution in [0, 0.1) is 5.92 Å². The SMILES string of the molecule is CC(NC(=O)C(NC(=O)O)C1Cc2ccccc2C1)C(=O)NCc1ccc2c(N)nccc2c1. The summed E-state index contributed by atoms with van der Waals surface area (Å²) in [4.78, 5) is 41.0. The average Bonchev–Trinajstić information content (AvgIpc) is 3.24. The van der Waals surface area contributed by atoms with Crippen LogP contribution >= 0.6 is 0 Å². The van der Waals surface area contributed by atoms with Gasteiger partial charge >= 0.3 is 6.09 Å². The molecule has 9 nitrogen and oxygen atoms in total. The first-order valence-corrected chi connectivity index (χ1v) is 11.1. The zero-order valence-electron chi connectivity index (χ0n) is 18.7. The van der Waals surface area contributed by atoms with Crippen molar-refractivity contribution < 1.29 is 19.5 Å². The quantitative estimate of drug-likeness (QED) is 0.364. The number of benzene rings is 2. The van der Waals surface area contributed by atoms with Gasteiger partial charge in [0.15, 0.2) is 0 Å². The Morgan fingerprint density at radius 1 is 1.06 bits per heavy atom. The highest BCUT2D eigenvalue weighted by atomic mass is 16.4. The molecule has 1 aromatic heterocycles. The largest absolute Gasteiger partial charge is 0.465 e. The number of pyridine rings is 1. The summed E-state index contributed by atoms with van der Waals surface area (Å²) in [7, 11) is 0. The van der Waals surface area contributed by atoms with Crippen molar-refractivity contribution in [2.24, 2.45) is 5.92 Å². The predicted octanol–water partition coefficient (Wildman–Crippen LogP) is 1.99. The minimum Gasteiger partial charge on any atom is -0.465 e. The third-order valence-electron chi connectivity index (χ3n) is 6.19. The normalized spacial score (nSPS) is 14.7. The maximum Gasteiger partial charge on any atom is 0.405 e. The Balaban J connectivity index is 1.36. The molecule has 2 atom stereocenters. The summed E-state index contributed by atoms with van der Waals surface area (Å²) in [6.07, 6.45) is 1.54. The zero-order chi connectivity index (χ0) is 24.2. The van der Waals surface area contributed by atoms with Gasteiger partial charge in [0.05, 0.1) is 0 Å². The van der Waals surface area contributed by atoms with E-state index in [0.29, 0.717) is 18.7 Å². The van der Waals surface area contributed by atoms with Crippen LogP contribution in [0.3, 0.4) is 0 Å². The second-order valence-electron chi connectivity index (χ2n) is 8.56. The number of nitrogen functional groups attached to an aromatic ring is 1. The summed E-state index contributed by atoms with van der Waals surface area (Å²) in [6, 6.07) is 13.5. The number of carboxylic acid groups (broad SMARTS) is 1. The van der Waals surface area contributed by atoms with E-state index in [1.807, 2.05) is 48.5 Å². The number of nitrogens with zero attached hydrogens (tertiary/aromatic N) is 1. The lowest BCUT2D eigenvalue weighted by atomic mass is 9.95. The van der Waals surface area contributed by atoms with Gasteiger partial charge in [-0.05, 0) is 59.9 Å². The molecule has 3 aromatic rings. The monoisotopic (exact) mass is 461 g/mol. The Bertz CT molecular complexity index is 1220. The van der Waals surface area contributed by atoms with E-state index >= 15 is 0 Å². The second-order valence-corrected chi connectivity index (χ2v) is 8.56. The Morgan fingerprint density at radius 3 is 2.44 bits per heavy atom. The number of anilines is 1. The molecule has 4 rings (SSSR count). The van der Waals surface area contributed by atoms with Gasteiger partial charge in [-0.1, -0.05) is 36.4 Å². The molecule has 0 saturated heterocycles. The van der Waals surface area contributed by atoms with Crippen LogP contribution in [0.15, 0.2) is 54.7 Å². The van der Waals surface area contributed by atoms with Gasteiger partial charge in [0, 0.05) is 18.1 Å². The van der Waals surface area contributed by atoms with Crippen LogP contribution in [0.1, 0.15) is 23.6 Å². The second kappa shape index (κ2) is 9.78. The Labute approximate surface area is 196 Å². The lowest BCUT2D eigenvalue weighted by Crippen LogP contribution is -2.55. The standard InChI is InChI=1S/C25H27N5O4/c1-14(23(31)28-13-15-6-7-20-18(10-15)8-9-27-22(20)26)29-24(32)21(30-25(33)34)19-11-16-4-2-3-5-17(16)12-19/h2-10,14,19,21,30H,11-13H2,1H3,(H2,26,27)(H,28,31)(H,29,32)(H,33,34). The molecular formula is C25H27N5O4. The maximum absolute atomic E-state index is 12.9. The Kier molecular flexibility index (Phi) is 6.62. The van der Waals surface area contributed by atoms with Crippen molar-refractivity contribution in [3.05, 3.63) is 71.4 Å². The fourth-order valence-corrected chi connectivity index (χ4v) is 4.43. The minimum atomic E-state index is -1.28. The average molecular weight is 462 g/mol. The lowest BCUT2D eigenvalue weighted by Gasteiger charge is -2.24. The third-order valence-corrected chi connectivity index (χ3v) is 6.19. The van der Waals surface area contributed by atoms with Crippen LogP contribution in [0.4, 0.5) is 10.6 Å². The zero-order valence-corrected chi connectivity index (χ0v) is 18.7. The summed E-state index contributed by atoms with van der Waals surface area (Å²) in [5, 5.41) is 18.8. The molecule has 0 aliphatic heterocycles. The van der Waals surface area contributed by atoms with E-state index in [4.69, 9.17) is 5.73 Å². The Morgan fingerprint density at radius 2 is 1.76 bits per heavy atom. The molecule has 2 aromatic carbocycles. The number of rotatable bonds is 7. The van der Waals surface area contributed by atoms with E-state index in [9.17, 15) is 19.5 Å². The number of carbonyl (C=O) groups is 3. The molecule has 0 spiro atoms. The summed E-state index contributed by atoms with van der Waals surface area (Å²) in [5.74, 6) is -0.661. The number of fused-ring (bicyclic) bond motifs is 2. The summed E-state index contributed by atoms with van der Waals surface area (Å²) in [5.41, 5.74) is 8.97. The van der Waals surface area contributed by atoms with E-state index in [-0.39, 0.29) is 18.4 Å². The molecule has 176 valence electrons. The fourth-order valence-electron chi connectivity index (χ4n) is 4.43. The van der Waals surface area contributed by atoms with Crippen molar-refractivity contribution >= 4 is 34.5 Å². The number of nitrogens with two attached hydrogens (primary N) is 1. The topological polar surface area (TPSA) is 146 Å². The van der Waals surface area contributed by atoms with Gasteiger partial charge in [-0.25, -0.2) is 9.78 Å². The van der Waals surface area contributed by atoms with E-state index in [0.717, 1.165) is 27.5 Å². The van der Waals surface area contributed by atoms with Gasteiger partial charge in [-0.15, -0.1) is 0 Å². The van der Waals surface area contributed by atoms with Gasteiger partial charge in [0.1, 0.15) is 17.9 Å². The maximum atomic E-state index is 12.9. The summed E-state index contributed by atoms with van der Waals surface area (Å²) < 4.78 is 0. The Hall–Kier alpha value is -4.14. The lowest BCUT2D eigenvalue weighted by molar-refractivity contribution is -0.130. The van der Waals surface area contributed by atoms with Gasteiger partial charge in [0.2, 0.25) is 11.8 Å². The van der Waals surface area contributed by atoms with Crippen molar-refractivity contribution in [2.75, 3.05) is 5.73 Å². The summed E-state index contributed by atoms with van der Waals surface area (Å²) >= 11 is 0. The molecule has 2 unspecified atom stereocenters. The molecule has 34 heavy (non-hydrogen) atoms. The van der Waals surface area contributed by atoms with Crippen molar-refractivity contribution in [1.82, 2.24) is 20.9 Å². The molecule has 0 radical (unpaired) electrons. The molecule has 1 aliphatic rings. The van der Waals surface area contributed by atoms with Crippen LogP contribution in [0.2, 0.25) is 0 Å². The van der Waals surface area contributed by atoms with E-state index in [1.54, 1.807) is 13.1 Å². The van der Waals surface area contributed by atoms with Gasteiger partial charge in [-0.3, -0.25) is 9.59 Å². The molecule has 1 heterocycles. The highest BCUT2D eigenvalue weighted by molar-refractivity contribution is 5.92. The molecule has 0 bridgehead atoms. The minimum absolute atomic E-state index is 0.219. The van der Waals surface area contributed by atoms with Gasteiger partial charge < -0.3 is 26.8 Å². The van der Waals surface area contributed by atoms with Crippen molar-refractivity contribution in [1.29, 1.82) is 0 Å².